The van der Waals surface area contributed by atoms with Crippen molar-refractivity contribution in [2.24, 2.45) is 0 Å². The number of carbonyl (C=O) groups excluding carboxylic acids is 1. The van der Waals surface area contributed by atoms with Crippen molar-refractivity contribution in [1.82, 2.24) is 4.72 Å². The van der Waals surface area contributed by atoms with Crippen molar-refractivity contribution < 1.29 is 17.6 Å². The molecule has 0 radical (unpaired) electrons. The molecule has 1 amide bonds. The SMILES string of the molecule is CC(=O)Nc1ccc(S(=O)(=O)NC(C)(C)c2ccccc2F)cc1. The van der Waals surface area contributed by atoms with E-state index >= 15 is 0 Å². The predicted octanol–water partition coefficient (Wildman–Crippen LogP) is 3.00. The lowest BCUT2D eigenvalue weighted by Crippen LogP contribution is -2.41. The first-order chi connectivity index (χ1) is 11.1. The number of anilines is 1. The molecule has 0 heterocycles. The molecule has 0 unspecified atom stereocenters. The van der Waals surface area contributed by atoms with E-state index in [1.165, 1.54) is 43.3 Å². The normalized spacial score (nSPS) is 12.0. The number of sulfonamides is 1. The van der Waals surface area contributed by atoms with E-state index in [1.807, 2.05) is 0 Å². The van der Waals surface area contributed by atoms with E-state index in [-0.39, 0.29) is 16.4 Å². The number of carbonyl (C=O) groups is 1. The largest absolute Gasteiger partial charge is 0.326 e. The Balaban J connectivity index is 2.27. The number of rotatable bonds is 5. The second kappa shape index (κ2) is 6.70. The second-order valence-corrected chi connectivity index (χ2v) is 7.60. The fraction of sp³-hybridized carbons (Fsp3) is 0.235. The Morgan fingerprint density at radius 2 is 1.62 bits per heavy atom. The molecule has 0 spiro atoms. The summed E-state index contributed by atoms with van der Waals surface area (Å²) in [5, 5.41) is 2.56. The average Bonchev–Trinajstić information content (AvgIpc) is 2.46. The van der Waals surface area contributed by atoms with Gasteiger partial charge in [-0.25, -0.2) is 17.5 Å². The standard InChI is InChI=1S/C17H19FN2O3S/c1-12(21)19-13-8-10-14(11-9-13)24(22,23)20-17(2,3)15-6-4-5-7-16(15)18/h4-11,20H,1-3H3,(H,19,21). The fourth-order valence-corrected chi connectivity index (χ4v) is 3.73. The Morgan fingerprint density at radius 1 is 1.04 bits per heavy atom. The van der Waals surface area contributed by atoms with Crippen LogP contribution in [0.25, 0.3) is 0 Å². The third-order valence-electron chi connectivity index (χ3n) is 3.42. The molecular weight excluding hydrogens is 331 g/mol. The monoisotopic (exact) mass is 350 g/mol. The first-order valence-electron chi connectivity index (χ1n) is 7.28. The van der Waals surface area contributed by atoms with Crippen LogP contribution < -0.4 is 10.0 Å². The molecule has 0 aliphatic rings. The van der Waals surface area contributed by atoms with Crippen LogP contribution in [-0.4, -0.2) is 14.3 Å². The maximum atomic E-state index is 14.0. The number of hydrogen-bond acceptors (Lipinski definition) is 3. The molecule has 0 atom stereocenters. The Kier molecular flexibility index (Phi) is 5.05. The molecule has 24 heavy (non-hydrogen) atoms. The molecule has 2 rings (SSSR count). The van der Waals surface area contributed by atoms with E-state index in [0.29, 0.717) is 5.69 Å². The first kappa shape index (κ1) is 18.1. The molecule has 0 fully saturated rings. The molecule has 0 aliphatic carbocycles. The minimum atomic E-state index is -3.86. The van der Waals surface area contributed by atoms with Crippen LogP contribution >= 0.6 is 0 Å². The van der Waals surface area contributed by atoms with Gasteiger partial charge in [0.2, 0.25) is 15.9 Å². The molecule has 0 saturated heterocycles. The molecule has 0 aromatic heterocycles. The van der Waals surface area contributed by atoms with E-state index < -0.39 is 21.4 Å². The van der Waals surface area contributed by atoms with E-state index in [1.54, 1.807) is 26.0 Å². The highest BCUT2D eigenvalue weighted by atomic mass is 32.2. The molecular formula is C17H19FN2O3S. The van der Waals surface area contributed by atoms with Gasteiger partial charge in [-0.1, -0.05) is 18.2 Å². The minimum absolute atomic E-state index is 0.0287. The summed E-state index contributed by atoms with van der Waals surface area (Å²) in [4.78, 5) is 11.0. The van der Waals surface area contributed by atoms with Gasteiger partial charge in [0.15, 0.2) is 0 Å². The van der Waals surface area contributed by atoms with Gasteiger partial charge in [0.1, 0.15) is 5.82 Å². The quantitative estimate of drug-likeness (QED) is 0.870. The van der Waals surface area contributed by atoms with Crippen molar-refractivity contribution in [3.05, 3.63) is 59.9 Å². The van der Waals surface area contributed by atoms with Crippen LogP contribution in [0, 0.1) is 5.82 Å². The van der Waals surface area contributed by atoms with Gasteiger partial charge < -0.3 is 5.32 Å². The molecule has 2 aromatic rings. The van der Waals surface area contributed by atoms with Crippen molar-refractivity contribution in [3.63, 3.8) is 0 Å². The zero-order valence-electron chi connectivity index (χ0n) is 13.6. The summed E-state index contributed by atoms with van der Waals surface area (Å²) in [6, 6.07) is 11.8. The van der Waals surface area contributed by atoms with Crippen molar-refractivity contribution in [2.75, 3.05) is 5.32 Å². The Hall–Kier alpha value is -2.25. The maximum absolute atomic E-state index is 14.0. The van der Waals surface area contributed by atoms with Crippen LogP contribution in [0.2, 0.25) is 0 Å². The summed E-state index contributed by atoms with van der Waals surface area (Å²) in [6.07, 6.45) is 0. The van der Waals surface area contributed by atoms with Gasteiger partial charge in [-0.15, -0.1) is 0 Å². The third kappa shape index (κ3) is 4.18. The summed E-state index contributed by atoms with van der Waals surface area (Å²) in [5.74, 6) is -0.726. The Bertz CT molecular complexity index is 846. The second-order valence-electron chi connectivity index (χ2n) is 5.92. The van der Waals surface area contributed by atoms with Gasteiger partial charge in [0.25, 0.3) is 0 Å². The molecule has 0 bridgehead atoms. The van der Waals surface area contributed by atoms with Crippen LogP contribution in [0.1, 0.15) is 26.3 Å². The molecule has 5 nitrogen and oxygen atoms in total. The van der Waals surface area contributed by atoms with Gasteiger partial charge in [-0.3, -0.25) is 4.79 Å². The van der Waals surface area contributed by atoms with Gasteiger partial charge in [0.05, 0.1) is 10.4 Å². The lowest BCUT2D eigenvalue weighted by molar-refractivity contribution is -0.114. The fourth-order valence-electron chi connectivity index (χ4n) is 2.34. The third-order valence-corrected chi connectivity index (χ3v) is 5.09. The van der Waals surface area contributed by atoms with Crippen LogP contribution in [0.15, 0.2) is 53.4 Å². The van der Waals surface area contributed by atoms with E-state index in [9.17, 15) is 17.6 Å². The maximum Gasteiger partial charge on any atom is 0.241 e. The molecule has 128 valence electrons. The Labute approximate surface area is 141 Å². The number of hydrogen-bond donors (Lipinski definition) is 2. The van der Waals surface area contributed by atoms with E-state index in [4.69, 9.17) is 0 Å². The van der Waals surface area contributed by atoms with Crippen LogP contribution in [0.4, 0.5) is 10.1 Å². The number of benzene rings is 2. The summed E-state index contributed by atoms with van der Waals surface area (Å²) in [6.45, 7) is 4.55. The lowest BCUT2D eigenvalue weighted by atomic mass is 9.95. The van der Waals surface area contributed by atoms with Crippen LogP contribution in [0.5, 0.6) is 0 Å². The van der Waals surface area contributed by atoms with Gasteiger partial charge in [-0.2, -0.15) is 0 Å². The van der Waals surface area contributed by atoms with Crippen molar-refractivity contribution in [3.8, 4) is 0 Å². The molecule has 7 heteroatoms. The zero-order valence-corrected chi connectivity index (χ0v) is 14.4. The topological polar surface area (TPSA) is 75.3 Å². The minimum Gasteiger partial charge on any atom is -0.326 e. The van der Waals surface area contributed by atoms with Crippen molar-refractivity contribution in [1.29, 1.82) is 0 Å². The highest BCUT2D eigenvalue weighted by Gasteiger charge is 2.30. The highest BCUT2D eigenvalue weighted by molar-refractivity contribution is 7.89. The van der Waals surface area contributed by atoms with Crippen molar-refractivity contribution >= 4 is 21.6 Å². The van der Waals surface area contributed by atoms with Crippen LogP contribution in [0.3, 0.4) is 0 Å². The summed E-state index contributed by atoms with van der Waals surface area (Å²) >= 11 is 0. The number of nitrogens with one attached hydrogen (secondary N) is 2. The van der Waals surface area contributed by atoms with E-state index in [0.717, 1.165) is 0 Å². The Morgan fingerprint density at radius 3 is 2.17 bits per heavy atom. The summed E-state index contributed by atoms with van der Waals surface area (Å²) in [7, 11) is -3.86. The van der Waals surface area contributed by atoms with Crippen molar-refractivity contribution in [2.45, 2.75) is 31.2 Å². The molecule has 2 N–H and O–H groups in total. The van der Waals surface area contributed by atoms with Gasteiger partial charge in [-0.05, 0) is 44.2 Å². The van der Waals surface area contributed by atoms with Crippen LogP contribution in [-0.2, 0) is 20.4 Å². The predicted molar refractivity (Wildman–Crippen MR) is 90.5 cm³/mol. The number of halogens is 1. The lowest BCUT2D eigenvalue weighted by Gasteiger charge is -2.27. The first-order valence-corrected chi connectivity index (χ1v) is 8.77. The highest BCUT2D eigenvalue weighted by Crippen LogP contribution is 2.25. The molecule has 0 saturated carbocycles. The van der Waals surface area contributed by atoms with Gasteiger partial charge in [0, 0.05) is 18.2 Å². The smallest absolute Gasteiger partial charge is 0.241 e. The zero-order chi connectivity index (χ0) is 18.0. The summed E-state index contributed by atoms with van der Waals surface area (Å²) in [5.41, 5.74) is -0.376. The summed E-state index contributed by atoms with van der Waals surface area (Å²) < 4.78 is 41.6. The molecule has 2 aromatic carbocycles. The van der Waals surface area contributed by atoms with E-state index in [2.05, 4.69) is 10.0 Å². The van der Waals surface area contributed by atoms with Gasteiger partial charge >= 0.3 is 0 Å². The number of amides is 1. The molecule has 0 aliphatic heterocycles. The average molecular weight is 350 g/mol.